The molecule has 3 aromatic carbocycles. The molecule has 0 aliphatic heterocycles. The lowest BCUT2D eigenvalue weighted by Crippen LogP contribution is -2.17. The summed E-state index contributed by atoms with van der Waals surface area (Å²) in [5, 5.41) is 4.03. The van der Waals surface area contributed by atoms with E-state index >= 15 is 0 Å². The highest BCUT2D eigenvalue weighted by Crippen LogP contribution is 2.15. The summed E-state index contributed by atoms with van der Waals surface area (Å²) >= 11 is 0. The predicted molar refractivity (Wildman–Crippen MR) is 118 cm³/mol. The van der Waals surface area contributed by atoms with E-state index in [0.29, 0.717) is 17.9 Å². The lowest BCUT2D eigenvalue weighted by atomic mass is 10.2. The molecular weight excluding hydrogens is 362 g/mol. The Morgan fingerprint density at radius 1 is 0.966 bits per heavy atom. The number of benzene rings is 3. The van der Waals surface area contributed by atoms with Crippen LogP contribution in [0, 0.1) is 6.92 Å². The fourth-order valence-electron chi connectivity index (χ4n) is 2.64. The lowest BCUT2D eigenvalue weighted by Gasteiger charge is -2.11. The van der Waals surface area contributed by atoms with Gasteiger partial charge in [0.1, 0.15) is 12.4 Å². The zero-order valence-corrected chi connectivity index (χ0v) is 16.9. The van der Waals surface area contributed by atoms with Crippen LogP contribution >= 0.6 is 0 Å². The fraction of sp³-hybridized carbons (Fsp3) is 0.167. The van der Waals surface area contributed by atoms with Gasteiger partial charge in [-0.3, -0.25) is 4.79 Å². The number of aryl methyl sites for hydroxylation is 1. The molecule has 5 nitrogen and oxygen atoms in total. The molecule has 3 rings (SSSR count). The van der Waals surface area contributed by atoms with Gasteiger partial charge in [-0.1, -0.05) is 42.0 Å². The summed E-state index contributed by atoms with van der Waals surface area (Å²) in [6, 6.07) is 23.1. The van der Waals surface area contributed by atoms with Crippen molar-refractivity contribution in [3.05, 3.63) is 95.1 Å². The average Bonchev–Trinajstić information content (AvgIpc) is 2.74. The zero-order chi connectivity index (χ0) is 20.6. The Bertz CT molecular complexity index is 961. The summed E-state index contributed by atoms with van der Waals surface area (Å²) in [7, 11) is 3.98. The molecule has 0 unspecified atom stereocenters. The molecule has 0 spiro atoms. The number of amides is 1. The summed E-state index contributed by atoms with van der Waals surface area (Å²) in [6.45, 7) is 2.54. The third-order valence-corrected chi connectivity index (χ3v) is 4.43. The Balaban J connectivity index is 1.51. The maximum absolute atomic E-state index is 12.2. The number of hydrazone groups is 1. The van der Waals surface area contributed by atoms with Crippen LogP contribution in [0.5, 0.6) is 5.75 Å². The molecule has 1 amide bonds. The number of hydrogen-bond donors (Lipinski definition) is 1. The smallest absolute Gasteiger partial charge is 0.271 e. The van der Waals surface area contributed by atoms with Crippen molar-refractivity contribution < 1.29 is 9.53 Å². The molecule has 0 aliphatic rings. The van der Waals surface area contributed by atoms with Crippen molar-refractivity contribution in [1.82, 2.24) is 5.43 Å². The molecule has 29 heavy (non-hydrogen) atoms. The number of nitrogens with one attached hydrogen (secondary N) is 1. The summed E-state index contributed by atoms with van der Waals surface area (Å²) in [5.41, 5.74) is 7.41. The van der Waals surface area contributed by atoms with Crippen molar-refractivity contribution in [3.63, 3.8) is 0 Å². The first-order valence-electron chi connectivity index (χ1n) is 9.40. The van der Waals surface area contributed by atoms with Crippen LogP contribution in [-0.4, -0.2) is 26.2 Å². The summed E-state index contributed by atoms with van der Waals surface area (Å²) in [4.78, 5) is 14.3. The second-order valence-corrected chi connectivity index (χ2v) is 6.98. The Morgan fingerprint density at radius 2 is 1.62 bits per heavy atom. The van der Waals surface area contributed by atoms with Gasteiger partial charge < -0.3 is 9.64 Å². The van der Waals surface area contributed by atoms with Gasteiger partial charge in [-0.25, -0.2) is 5.43 Å². The maximum atomic E-state index is 12.2. The number of carbonyl (C=O) groups excluding carboxylic acids is 1. The topological polar surface area (TPSA) is 53.9 Å². The van der Waals surface area contributed by atoms with E-state index in [1.807, 2.05) is 55.4 Å². The quantitative estimate of drug-likeness (QED) is 0.483. The summed E-state index contributed by atoms with van der Waals surface area (Å²) < 4.78 is 5.77. The minimum atomic E-state index is -0.267. The highest BCUT2D eigenvalue weighted by molar-refractivity contribution is 5.95. The molecule has 148 valence electrons. The van der Waals surface area contributed by atoms with Crippen LogP contribution in [0.25, 0.3) is 0 Å². The predicted octanol–water partition coefficient (Wildman–Crippen LogP) is 4.40. The van der Waals surface area contributed by atoms with Crippen molar-refractivity contribution in [2.45, 2.75) is 13.5 Å². The average molecular weight is 387 g/mol. The van der Waals surface area contributed by atoms with Crippen LogP contribution in [0.15, 0.2) is 77.9 Å². The first kappa shape index (κ1) is 20.1. The Hall–Kier alpha value is -3.60. The standard InChI is InChI=1S/C24H25N3O2/c1-18-4-6-20(7-5-18)17-29-23-14-10-21(11-15-23)24(28)26-25-16-19-8-12-22(13-9-19)27(2)3/h4-16H,17H2,1-3H3,(H,26,28). The van der Waals surface area contributed by atoms with E-state index in [0.717, 1.165) is 16.8 Å². The van der Waals surface area contributed by atoms with Crippen LogP contribution in [0.4, 0.5) is 5.69 Å². The Morgan fingerprint density at radius 3 is 2.24 bits per heavy atom. The molecule has 0 heterocycles. The maximum Gasteiger partial charge on any atom is 0.271 e. The van der Waals surface area contributed by atoms with Gasteiger partial charge in [0.15, 0.2) is 0 Å². The van der Waals surface area contributed by atoms with E-state index in [1.165, 1.54) is 5.56 Å². The normalized spacial score (nSPS) is 10.7. The monoisotopic (exact) mass is 387 g/mol. The third kappa shape index (κ3) is 5.94. The van der Waals surface area contributed by atoms with Crippen LogP contribution < -0.4 is 15.1 Å². The van der Waals surface area contributed by atoms with Crippen LogP contribution in [-0.2, 0) is 6.61 Å². The number of anilines is 1. The van der Waals surface area contributed by atoms with Gasteiger partial charge in [-0.15, -0.1) is 0 Å². The zero-order valence-electron chi connectivity index (χ0n) is 16.9. The lowest BCUT2D eigenvalue weighted by molar-refractivity contribution is 0.0955. The molecule has 0 saturated heterocycles. The van der Waals surface area contributed by atoms with Crippen molar-refractivity contribution in [2.24, 2.45) is 5.10 Å². The Labute approximate surface area is 171 Å². The minimum Gasteiger partial charge on any atom is -0.489 e. The van der Waals surface area contributed by atoms with Crippen molar-refractivity contribution in [1.29, 1.82) is 0 Å². The number of hydrogen-bond acceptors (Lipinski definition) is 4. The highest BCUT2D eigenvalue weighted by atomic mass is 16.5. The van der Waals surface area contributed by atoms with Gasteiger partial charge >= 0.3 is 0 Å². The van der Waals surface area contributed by atoms with Gasteiger partial charge in [0.25, 0.3) is 5.91 Å². The molecule has 0 aromatic heterocycles. The molecule has 1 N–H and O–H groups in total. The Kier molecular flexibility index (Phi) is 6.63. The van der Waals surface area contributed by atoms with Crippen LogP contribution in [0.3, 0.4) is 0 Å². The third-order valence-electron chi connectivity index (χ3n) is 4.43. The molecule has 0 bridgehead atoms. The molecule has 0 radical (unpaired) electrons. The van der Waals surface area contributed by atoms with Gasteiger partial charge in [-0.05, 0) is 54.4 Å². The SMILES string of the molecule is Cc1ccc(COc2ccc(C(=O)NN=Cc3ccc(N(C)C)cc3)cc2)cc1. The van der Waals surface area contributed by atoms with E-state index < -0.39 is 0 Å². The van der Waals surface area contributed by atoms with Gasteiger partial charge in [-0.2, -0.15) is 5.10 Å². The first-order valence-corrected chi connectivity index (χ1v) is 9.40. The number of ether oxygens (including phenoxy) is 1. The number of rotatable bonds is 7. The second-order valence-electron chi connectivity index (χ2n) is 6.98. The van der Waals surface area contributed by atoms with Gasteiger partial charge in [0.2, 0.25) is 0 Å². The highest BCUT2D eigenvalue weighted by Gasteiger charge is 2.05. The van der Waals surface area contributed by atoms with Crippen molar-refractivity contribution in [3.8, 4) is 5.75 Å². The summed E-state index contributed by atoms with van der Waals surface area (Å²) in [5.74, 6) is 0.447. The summed E-state index contributed by atoms with van der Waals surface area (Å²) in [6.07, 6.45) is 1.62. The van der Waals surface area contributed by atoms with Crippen LogP contribution in [0.2, 0.25) is 0 Å². The molecule has 5 heteroatoms. The molecule has 0 aliphatic carbocycles. The molecule has 0 atom stereocenters. The van der Waals surface area contributed by atoms with E-state index in [1.54, 1.807) is 30.5 Å². The fourth-order valence-corrected chi connectivity index (χ4v) is 2.64. The molecule has 0 saturated carbocycles. The molecular formula is C24H25N3O2. The van der Waals surface area contributed by atoms with Gasteiger partial charge in [0.05, 0.1) is 6.21 Å². The minimum absolute atomic E-state index is 0.267. The van der Waals surface area contributed by atoms with Gasteiger partial charge in [0, 0.05) is 25.3 Å². The molecule has 3 aromatic rings. The number of nitrogens with zero attached hydrogens (tertiary/aromatic N) is 2. The van der Waals surface area contributed by atoms with E-state index in [4.69, 9.17) is 4.74 Å². The van der Waals surface area contributed by atoms with Crippen molar-refractivity contribution in [2.75, 3.05) is 19.0 Å². The first-order chi connectivity index (χ1) is 14.0. The van der Waals surface area contributed by atoms with Crippen LogP contribution in [0.1, 0.15) is 27.0 Å². The number of carbonyl (C=O) groups is 1. The van der Waals surface area contributed by atoms with E-state index in [-0.39, 0.29) is 5.91 Å². The van der Waals surface area contributed by atoms with E-state index in [9.17, 15) is 4.79 Å². The van der Waals surface area contributed by atoms with Crippen molar-refractivity contribution >= 4 is 17.8 Å². The second kappa shape index (κ2) is 9.55. The molecule has 0 fully saturated rings. The largest absolute Gasteiger partial charge is 0.489 e. The van der Waals surface area contributed by atoms with E-state index in [2.05, 4.69) is 29.6 Å².